The summed E-state index contributed by atoms with van der Waals surface area (Å²) in [5.41, 5.74) is 0. The number of aliphatic hydroxyl groups excluding tert-OH is 1. The molecular weight excluding hydrogens is 236 g/mol. The third kappa shape index (κ3) is 5.35. The summed E-state index contributed by atoms with van der Waals surface area (Å²) < 4.78 is 0. The lowest BCUT2D eigenvalue weighted by Crippen LogP contribution is -2.44. The van der Waals surface area contributed by atoms with Crippen LogP contribution in [0.5, 0.6) is 0 Å². The predicted octanol–water partition coefficient (Wildman–Crippen LogP) is 0.700. The van der Waals surface area contributed by atoms with Gasteiger partial charge in [0.05, 0.1) is 0 Å². The van der Waals surface area contributed by atoms with Crippen LogP contribution < -0.4 is 10.6 Å². The molecule has 104 valence electrons. The standard InChI is InChI=1S/C12H22N2O4/c1-8-2-4-9(5-3-8)14-12(18)13-7-6-10(15)11(16)17/h8-10,15H,2-7H2,1H3,(H,16,17)(H2,13,14,18)/t8?,9?,10-/m0/s1. The number of rotatable bonds is 5. The van der Waals surface area contributed by atoms with E-state index in [0.717, 1.165) is 31.6 Å². The molecule has 18 heavy (non-hydrogen) atoms. The van der Waals surface area contributed by atoms with Crippen LogP contribution in [0.2, 0.25) is 0 Å². The highest BCUT2D eigenvalue weighted by Crippen LogP contribution is 2.23. The van der Waals surface area contributed by atoms with Crippen LogP contribution in [0.1, 0.15) is 39.0 Å². The molecule has 1 saturated carbocycles. The second-order valence-corrected chi connectivity index (χ2v) is 5.00. The number of aliphatic hydroxyl groups is 1. The van der Waals surface area contributed by atoms with Gasteiger partial charge in [-0.05, 0) is 31.6 Å². The van der Waals surface area contributed by atoms with Crippen molar-refractivity contribution >= 4 is 12.0 Å². The van der Waals surface area contributed by atoms with Crippen LogP contribution in [-0.2, 0) is 4.79 Å². The fraction of sp³-hybridized carbons (Fsp3) is 0.833. The summed E-state index contributed by atoms with van der Waals surface area (Å²) in [5.74, 6) is -0.532. The zero-order chi connectivity index (χ0) is 13.5. The summed E-state index contributed by atoms with van der Waals surface area (Å²) in [5, 5.41) is 22.9. The topological polar surface area (TPSA) is 98.7 Å². The van der Waals surface area contributed by atoms with Crippen LogP contribution in [0.15, 0.2) is 0 Å². The van der Waals surface area contributed by atoms with E-state index in [4.69, 9.17) is 10.2 Å². The van der Waals surface area contributed by atoms with Gasteiger partial charge in [-0.2, -0.15) is 0 Å². The lowest BCUT2D eigenvalue weighted by atomic mass is 9.87. The second kappa shape index (κ2) is 7.20. The summed E-state index contributed by atoms with van der Waals surface area (Å²) in [7, 11) is 0. The van der Waals surface area contributed by atoms with Crippen molar-refractivity contribution in [3.8, 4) is 0 Å². The summed E-state index contributed by atoms with van der Waals surface area (Å²) >= 11 is 0. The van der Waals surface area contributed by atoms with Gasteiger partial charge >= 0.3 is 12.0 Å². The highest BCUT2D eigenvalue weighted by atomic mass is 16.4. The highest BCUT2D eigenvalue weighted by Gasteiger charge is 2.19. The Morgan fingerprint density at radius 2 is 1.89 bits per heavy atom. The first-order valence-electron chi connectivity index (χ1n) is 6.44. The number of hydrogen-bond donors (Lipinski definition) is 4. The smallest absolute Gasteiger partial charge is 0.332 e. The molecule has 6 heteroatoms. The highest BCUT2D eigenvalue weighted by molar-refractivity contribution is 5.74. The monoisotopic (exact) mass is 258 g/mol. The van der Waals surface area contributed by atoms with Crippen LogP contribution in [0.3, 0.4) is 0 Å². The number of nitrogens with one attached hydrogen (secondary N) is 2. The van der Waals surface area contributed by atoms with Crippen LogP contribution in [0.25, 0.3) is 0 Å². The quantitative estimate of drug-likeness (QED) is 0.583. The van der Waals surface area contributed by atoms with E-state index < -0.39 is 12.1 Å². The minimum Gasteiger partial charge on any atom is -0.479 e. The fourth-order valence-electron chi connectivity index (χ4n) is 2.09. The molecule has 1 aliphatic rings. The number of hydrogen-bond acceptors (Lipinski definition) is 3. The summed E-state index contributed by atoms with van der Waals surface area (Å²) in [6.45, 7) is 2.37. The van der Waals surface area contributed by atoms with Crippen molar-refractivity contribution < 1.29 is 19.8 Å². The lowest BCUT2D eigenvalue weighted by Gasteiger charge is -2.26. The molecule has 0 unspecified atom stereocenters. The van der Waals surface area contributed by atoms with Crippen LogP contribution in [0, 0.1) is 5.92 Å². The molecule has 0 bridgehead atoms. The maximum atomic E-state index is 11.5. The van der Waals surface area contributed by atoms with Gasteiger partial charge in [0.15, 0.2) is 6.10 Å². The van der Waals surface area contributed by atoms with Crippen molar-refractivity contribution in [3.05, 3.63) is 0 Å². The van der Waals surface area contributed by atoms with Gasteiger partial charge in [-0.1, -0.05) is 6.92 Å². The fourth-order valence-corrected chi connectivity index (χ4v) is 2.09. The Kier molecular flexibility index (Phi) is 5.91. The molecule has 0 aliphatic heterocycles. The summed E-state index contributed by atoms with van der Waals surface area (Å²) in [4.78, 5) is 21.8. The van der Waals surface area contributed by atoms with Gasteiger partial charge < -0.3 is 20.8 Å². The molecule has 0 aromatic rings. The van der Waals surface area contributed by atoms with Gasteiger partial charge in [0.1, 0.15) is 0 Å². The Balaban J connectivity index is 2.12. The van der Waals surface area contributed by atoms with Gasteiger partial charge in [-0.25, -0.2) is 9.59 Å². The number of aliphatic carboxylic acids is 1. The summed E-state index contributed by atoms with van der Waals surface area (Å²) in [6.07, 6.45) is 2.84. The number of carbonyl (C=O) groups is 2. The molecule has 0 aromatic carbocycles. The lowest BCUT2D eigenvalue weighted by molar-refractivity contribution is -0.146. The molecular formula is C12H22N2O4. The average molecular weight is 258 g/mol. The molecule has 0 saturated heterocycles. The van der Waals surface area contributed by atoms with Gasteiger partial charge in [0.2, 0.25) is 0 Å². The minimum atomic E-state index is -1.42. The average Bonchev–Trinajstić information content (AvgIpc) is 2.32. The predicted molar refractivity (Wildman–Crippen MR) is 66.2 cm³/mol. The SMILES string of the molecule is CC1CCC(NC(=O)NCC[C@H](O)C(=O)O)CC1. The molecule has 6 nitrogen and oxygen atoms in total. The van der Waals surface area contributed by atoms with E-state index in [1.807, 2.05) is 0 Å². The first-order chi connectivity index (χ1) is 8.49. The van der Waals surface area contributed by atoms with Crippen molar-refractivity contribution in [1.82, 2.24) is 10.6 Å². The van der Waals surface area contributed by atoms with Crippen LogP contribution in [0.4, 0.5) is 4.79 Å². The maximum Gasteiger partial charge on any atom is 0.332 e. The van der Waals surface area contributed by atoms with Crippen molar-refractivity contribution in [2.45, 2.75) is 51.2 Å². The number of carboxylic acids is 1. The van der Waals surface area contributed by atoms with Crippen molar-refractivity contribution in [2.75, 3.05) is 6.54 Å². The second-order valence-electron chi connectivity index (χ2n) is 5.00. The molecule has 0 heterocycles. The van der Waals surface area contributed by atoms with E-state index >= 15 is 0 Å². The van der Waals surface area contributed by atoms with E-state index in [1.54, 1.807) is 0 Å². The molecule has 1 rings (SSSR count). The van der Waals surface area contributed by atoms with E-state index in [9.17, 15) is 9.59 Å². The number of carbonyl (C=O) groups excluding carboxylic acids is 1. The molecule has 1 atom stereocenters. The Labute approximate surface area is 107 Å². The third-order valence-corrected chi connectivity index (χ3v) is 3.34. The largest absolute Gasteiger partial charge is 0.479 e. The molecule has 4 N–H and O–H groups in total. The van der Waals surface area contributed by atoms with Gasteiger partial charge in [-0.15, -0.1) is 0 Å². The normalized spacial score (nSPS) is 25.2. The zero-order valence-corrected chi connectivity index (χ0v) is 10.7. The number of urea groups is 1. The van der Waals surface area contributed by atoms with Crippen LogP contribution >= 0.6 is 0 Å². The van der Waals surface area contributed by atoms with Gasteiger partial charge in [0.25, 0.3) is 0 Å². The van der Waals surface area contributed by atoms with Gasteiger partial charge in [-0.3, -0.25) is 0 Å². The third-order valence-electron chi connectivity index (χ3n) is 3.34. The Morgan fingerprint density at radius 1 is 1.28 bits per heavy atom. The van der Waals surface area contributed by atoms with Crippen molar-refractivity contribution in [1.29, 1.82) is 0 Å². The first kappa shape index (κ1) is 14.8. The molecule has 0 radical (unpaired) electrons. The summed E-state index contributed by atoms with van der Waals surface area (Å²) in [6, 6.07) is -0.0715. The molecule has 1 fully saturated rings. The Morgan fingerprint density at radius 3 is 2.44 bits per heavy atom. The zero-order valence-electron chi connectivity index (χ0n) is 10.7. The Hall–Kier alpha value is -1.30. The number of carboxylic acid groups (broad SMARTS) is 1. The van der Waals surface area contributed by atoms with Crippen molar-refractivity contribution in [2.24, 2.45) is 5.92 Å². The minimum absolute atomic E-state index is 0.0183. The van der Waals surface area contributed by atoms with E-state index in [0.29, 0.717) is 0 Å². The van der Waals surface area contributed by atoms with E-state index in [1.165, 1.54) is 0 Å². The molecule has 0 spiro atoms. The first-order valence-corrected chi connectivity index (χ1v) is 6.44. The molecule has 1 aliphatic carbocycles. The molecule has 2 amide bonds. The number of amides is 2. The maximum absolute atomic E-state index is 11.5. The Bertz CT molecular complexity index is 288. The molecule has 0 aromatic heterocycles. The van der Waals surface area contributed by atoms with E-state index in [-0.39, 0.29) is 25.0 Å². The van der Waals surface area contributed by atoms with Crippen molar-refractivity contribution in [3.63, 3.8) is 0 Å². The van der Waals surface area contributed by atoms with E-state index in [2.05, 4.69) is 17.6 Å². The van der Waals surface area contributed by atoms with Crippen LogP contribution in [-0.4, -0.2) is 40.9 Å². The van der Waals surface area contributed by atoms with Gasteiger partial charge in [0, 0.05) is 19.0 Å².